The molecule has 0 saturated carbocycles. The Morgan fingerprint density at radius 2 is 1.58 bits per heavy atom. The molecule has 0 heterocycles. The molecule has 0 aliphatic carbocycles. The average molecular weight is 324 g/mol. The van der Waals surface area contributed by atoms with Crippen molar-refractivity contribution >= 4 is 17.4 Å². The normalized spacial score (nSPS) is 11.5. The number of para-hydroxylation sites is 1. The van der Waals surface area contributed by atoms with E-state index in [4.69, 9.17) is 0 Å². The molecule has 0 bridgehead atoms. The summed E-state index contributed by atoms with van der Waals surface area (Å²) in [6, 6.07) is 13.9. The van der Waals surface area contributed by atoms with E-state index in [-0.39, 0.29) is 11.4 Å². The molecule has 2 aromatic carbocycles. The zero-order chi connectivity index (χ0) is 17.9. The second-order valence-corrected chi connectivity index (χ2v) is 7.60. The summed E-state index contributed by atoms with van der Waals surface area (Å²) in [5.74, 6) is 0.353. The number of benzene rings is 2. The van der Waals surface area contributed by atoms with E-state index in [2.05, 4.69) is 63.5 Å². The lowest BCUT2D eigenvalue weighted by Crippen LogP contribution is -2.21. The highest BCUT2D eigenvalue weighted by atomic mass is 16.2. The molecule has 0 radical (unpaired) electrons. The second-order valence-electron chi connectivity index (χ2n) is 7.60. The zero-order valence-electron chi connectivity index (χ0n) is 15.5. The molecule has 24 heavy (non-hydrogen) atoms. The third-order valence-electron chi connectivity index (χ3n) is 4.17. The Balaban J connectivity index is 2.12. The molecule has 2 aromatic rings. The molecule has 2 N–H and O–H groups in total. The van der Waals surface area contributed by atoms with E-state index in [0.29, 0.717) is 5.92 Å². The number of anilines is 2. The fraction of sp³-hybridized carbons (Fsp3) is 0.381. The van der Waals surface area contributed by atoms with Crippen LogP contribution in [-0.2, 0) is 5.41 Å². The quantitative estimate of drug-likeness (QED) is 0.708. The Bertz CT molecular complexity index is 710. The fourth-order valence-corrected chi connectivity index (χ4v) is 2.67. The van der Waals surface area contributed by atoms with E-state index in [9.17, 15) is 4.79 Å². The summed E-state index contributed by atoms with van der Waals surface area (Å²) in [6.07, 6.45) is 0. The Labute approximate surface area is 145 Å². The van der Waals surface area contributed by atoms with Crippen LogP contribution in [0.25, 0.3) is 0 Å². The number of nitrogens with one attached hydrogen (secondary N) is 2. The van der Waals surface area contributed by atoms with Crippen LogP contribution in [-0.4, -0.2) is 6.03 Å². The van der Waals surface area contributed by atoms with Crippen molar-refractivity contribution in [3.63, 3.8) is 0 Å². The minimum Gasteiger partial charge on any atom is -0.308 e. The predicted octanol–water partition coefficient (Wildman–Crippen LogP) is 6.06. The Morgan fingerprint density at radius 1 is 0.958 bits per heavy atom. The maximum atomic E-state index is 12.4. The van der Waals surface area contributed by atoms with E-state index in [1.165, 1.54) is 5.56 Å². The molecule has 0 unspecified atom stereocenters. The lowest BCUT2D eigenvalue weighted by atomic mass is 9.87. The van der Waals surface area contributed by atoms with Crippen molar-refractivity contribution in [1.82, 2.24) is 0 Å². The topological polar surface area (TPSA) is 41.1 Å². The van der Waals surface area contributed by atoms with Crippen molar-refractivity contribution in [2.45, 2.75) is 52.9 Å². The second kappa shape index (κ2) is 7.08. The van der Waals surface area contributed by atoms with Gasteiger partial charge in [0, 0.05) is 11.4 Å². The third-order valence-corrected chi connectivity index (χ3v) is 4.17. The first-order chi connectivity index (χ1) is 11.2. The van der Waals surface area contributed by atoms with Crippen LogP contribution in [0, 0.1) is 6.92 Å². The molecule has 0 spiro atoms. The van der Waals surface area contributed by atoms with Gasteiger partial charge < -0.3 is 10.6 Å². The molecule has 0 atom stereocenters. The van der Waals surface area contributed by atoms with Crippen molar-refractivity contribution < 1.29 is 4.79 Å². The largest absolute Gasteiger partial charge is 0.323 e. The first-order valence-corrected chi connectivity index (χ1v) is 8.46. The van der Waals surface area contributed by atoms with E-state index in [1.54, 1.807) is 0 Å². The molecule has 0 aliphatic heterocycles. The molecule has 128 valence electrons. The Kier molecular flexibility index (Phi) is 5.33. The summed E-state index contributed by atoms with van der Waals surface area (Å²) in [5, 5.41) is 5.92. The SMILES string of the molecule is Cc1cccc(C(C)C)c1NC(=O)Nc1ccc(C(C)(C)C)cc1. The molecule has 3 heteroatoms. The number of rotatable bonds is 3. The van der Waals surface area contributed by atoms with Crippen molar-refractivity contribution in [3.05, 3.63) is 59.2 Å². The number of hydrogen-bond donors (Lipinski definition) is 2. The van der Waals surface area contributed by atoms with Crippen molar-refractivity contribution in [1.29, 1.82) is 0 Å². The van der Waals surface area contributed by atoms with Crippen LogP contribution in [0.5, 0.6) is 0 Å². The highest BCUT2D eigenvalue weighted by Gasteiger charge is 2.14. The number of urea groups is 1. The minimum absolute atomic E-state index is 0.105. The van der Waals surface area contributed by atoms with Crippen LogP contribution < -0.4 is 10.6 Å². The van der Waals surface area contributed by atoms with E-state index in [0.717, 1.165) is 22.5 Å². The van der Waals surface area contributed by atoms with Gasteiger partial charge in [0.1, 0.15) is 0 Å². The van der Waals surface area contributed by atoms with Gasteiger partial charge in [-0.05, 0) is 47.1 Å². The molecule has 0 aliphatic rings. The highest BCUT2D eigenvalue weighted by Crippen LogP contribution is 2.28. The summed E-state index contributed by atoms with van der Waals surface area (Å²) >= 11 is 0. The Morgan fingerprint density at radius 3 is 2.12 bits per heavy atom. The number of aryl methyl sites for hydroxylation is 1. The van der Waals surface area contributed by atoms with Crippen LogP contribution >= 0.6 is 0 Å². The summed E-state index contributed by atoms with van der Waals surface area (Å²) in [4.78, 5) is 12.4. The molecule has 0 saturated heterocycles. The molecule has 0 aromatic heterocycles. The molecule has 2 amide bonds. The van der Waals surface area contributed by atoms with Gasteiger partial charge in [-0.25, -0.2) is 4.79 Å². The lowest BCUT2D eigenvalue weighted by molar-refractivity contribution is 0.262. The van der Waals surface area contributed by atoms with Gasteiger partial charge in [-0.15, -0.1) is 0 Å². The molecular weight excluding hydrogens is 296 g/mol. The predicted molar refractivity (Wildman–Crippen MR) is 103 cm³/mol. The fourth-order valence-electron chi connectivity index (χ4n) is 2.67. The zero-order valence-corrected chi connectivity index (χ0v) is 15.5. The average Bonchev–Trinajstić information content (AvgIpc) is 2.48. The molecule has 0 fully saturated rings. The number of carbonyl (C=O) groups is 1. The van der Waals surface area contributed by atoms with E-state index in [1.807, 2.05) is 31.2 Å². The van der Waals surface area contributed by atoms with Gasteiger partial charge in [-0.3, -0.25) is 0 Å². The van der Waals surface area contributed by atoms with Gasteiger partial charge >= 0.3 is 6.03 Å². The van der Waals surface area contributed by atoms with Gasteiger partial charge in [0.2, 0.25) is 0 Å². The first-order valence-electron chi connectivity index (χ1n) is 8.46. The summed E-state index contributed by atoms with van der Waals surface area (Å²) in [5.41, 5.74) is 5.26. The summed E-state index contributed by atoms with van der Waals surface area (Å²) in [6.45, 7) is 12.8. The standard InChI is InChI=1S/C21H28N2O/c1-14(2)18-9-7-8-15(3)19(18)23-20(24)22-17-12-10-16(11-13-17)21(4,5)6/h7-14H,1-6H3,(H2,22,23,24). The van der Waals surface area contributed by atoms with Gasteiger partial charge in [0.15, 0.2) is 0 Å². The maximum Gasteiger partial charge on any atom is 0.323 e. The van der Waals surface area contributed by atoms with Gasteiger partial charge in [0.05, 0.1) is 0 Å². The van der Waals surface area contributed by atoms with Gasteiger partial charge in [-0.1, -0.05) is 65.0 Å². The monoisotopic (exact) mass is 324 g/mol. The van der Waals surface area contributed by atoms with Crippen molar-refractivity contribution in [2.24, 2.45) is 0 Å². The third kappa shape index (κ3) is 4.38. The number of carbonyl (C=O) groups excluding carboxylic acids is 1. The number of hydrogen-bond acceptors (Lipinski definition) is 1. The van der Waals surface area contributed by atoms with E-state index >= 15 is 0 Å². The molecular formula is C21H28N2O. The van der Waals surface area contributed by atoms with Crippen LogP contribution in [0.15, 0.2) is 42.5 Å². The summed E-state index contributed by atoms with van der Waals surface area (Å²) < 4.78 is 0. The minimum atomic E-state index is -0.213. The van der Waals surface area contributed by atoms with Gasteiger partial charge in [-0.2, -0.15) is 0 Å². The maximum absolute atomic E-state index is 12.4. The Hall–Kier alpha value is -2.29. The van der Waals surface area contributed by atoms with Crippen LogP contribution in [0.4, 0.5) is 16.2 Å². The lowest BCUT2D eigenvalue weighted by Gasteiger charge is -2.19. The molecule has 3 nitrogen and oxygen atoms in total. The van der Waals surface area contributed by atoms with Crippen LogP contribution in [0.1, 0.15) is 57.2 Å². The van der Waals surface area contributed by atoms with Crippen LogP contribution in [0.2, 0.25) is 0 Å². The van der Waals surface area contributed by atoms with E-state index < -0.39 is 0 Å². The summed E-state index contributed by atoms with van der Waals surface area (Å²) in [7, 11) is 0. The smallest absolute Gasteiger partial charge is 0.308 e. The van der Waals surface area contributed by atoms with Crippen LogP contribution in [0.3, 0.4) is 0 Å². The van der Waals surface area contributed by atoms with Crippen molar-refractivity contribution in [3.8, 4) is 0 Å². The molecule has 2 rings (SSSR count). The van der Waals surface area contributed by atoms with Crippen molar-refractivity contribution in [2.75, 3.05) is 10.6 Å². The van der Waals surface area contributed by atoms with Gasteiger partial charge in [0.25, 0.3) is 0 Å². The highest BCUT2D eigenvalue weighted by molar-refractivity contribution is 6.00. The first kappa shape index (κ1) is 18.1. The number of amides is 2.